The van der Waals surface area contributed by atoms with Gasteiger partial charge in [0.05, 0.1) is 18.2 Å². The quantitative estimate of drug-likeness (QED) is 0.132. The van der Waals surface area contributed by atoms with Gasteiger partial charge >= 0.3 is 0 Å². The first-order chi connectivity index (χ1) is 29.1. The van der Waals surface area contributed by atoms with E-state index in [0.29, 0.717) is 28.0 Å². The summed E-state index contributed by atoms with van der Waals surface area (Å²) in [7, 11) is 1.62. The molecule has 308 valence electrons. The van der Waals surface area contributed by atoms with Crippen LogP contribution in [0.1, 0.15) is 55.9 Å². The summed E-state index contributed by atoms with van der Waals surface area (Å²) in [5, 5.41) is 3.09. The van der Waals surface area contributed by atoms with Gasteiger partial charge < -0.3 is 14.5 Å². The second-order valence-corrected chi connectivity index (χ2v) is 16.8. The van der Waals surface area contributed by atoms with Crippen LogP contribution in [0.5, 0.6) is 5.75 Å². The van der Waals surface area contributed by atoms with Crippen LogP contribution in [0.15, 0.2) is 84.9 Å². The number of piperidine rings is 1. The average Bonchev–Trinajstić information content (AvgIpc) is 3.77. The van der Waals surface area contributed by atoms with E-state index < -0.39 is 29.7 Å². The molecule has 4 aromatic carbocycles. The van der Waals surface area contributed by atoms with Crippen molar-refractivity contribution >= 4 is 62.2 Å². The maximum atomic E-state index is 14.1. The van der Waals surface area contributed by atoms with Gasteiger partial charge in [0.25, 0.3) is 11.8 Å². The second kappa shape index (κ2) is 16.6. The van der Waals surface area contributed by atoms with Crippen LogP contribution >= 0.6 is 11.3 Å². The van der Waals surface area contributed by atoms with Crippen LogP contribution < -0.4 is 19.9 Å². The number of piperazine rings is 2. The van der Waals surface area contributed by atoms with E-state index >= 15 is 0 Å². The van der Waals surface area contributed by atoms with Crippen LogP contribution in [0.2, 0.25) is 0 Å². The number of amides is 4. The number of thiophene rings is 1. The zero-order valence-corrected chi connectivity index (χ0v) is 34.1. The topological polar surface area (TPSA) is 123 Å². The molecule has 4 amide bonds. The van der Waals surface area contributed by atoms with Crippen LogP contribution in [0.4, 0.5) is 15.8 Å². The lowest BCUT2D eigenvalue weighted by Gasteiger charge is -2.38. The molecule has 9 rings (SSSR count). The number of ether oxygens (including phenoxy) is 1. The summed E-state index contributed by atoms with van der Waals surface area (Å²) in [6, 6.07) is 24.2. The number of imide groups is 2. The molecule has 5 aromatic rings. The number of hydrogen-bond acceptors (Lipinski definition) is 11. The number of halogens is 1. The van der Waals surface area contributed by atoms with E-state index in [1.807, 2.05) is 48.5 Å². The largest absolute Gasteiger partial charge is 0.497 e. The van der Waals surface area contributed by atoms with Gasteiger partial charge in [-0.05, 0) is 104 Å². The highest BCUT2D eigenvalue weighted by Gasteiger charge is 2.45. The van der Waals surface area contributed by atoms with Crippen molar-refractivity contribution in [1.29, 1.82) is 0 Å². The Labute approximate surface area is 351 Å². The number of anilines is 2. The van der Waals surface area contributed by atoms with Gasteiger partial charge in [-0.25, -0.2) is 4.39 Å². The first-order valence-electron chi connectivity index (χ1n) is 20.5. The van der Waals surface area contributed by atoms with Crippen LogP contribution in [0, 0.1) is 5.82 Å². The Morgan fingerprint density at radius 2 is 1.38 bits per heavy atom. The maximum absolute atomic E-state index is 14.1. The van der Waals surface area contributed by atoms with Crippen molar-refractivity contribution in [2.45, 2.75) is 25.3 Å². The molecule has 0 radical (unpaired) electrons. The third-order valence-corrected chi connectivity index (χ3v) is 13.4. The fraction of sp³-hybridized carbons (Fsp3) is 0.326. The molecule has 5 heterocycles. The van der Waals surface area contributed by atoms with Crippen LogP contribution in [-0.2, 0) is 9.59 Å². The molecule has 1 atom stereocenters. The van der Waals surface area contributed by atoms with E-state index in [2.05, 4.69) is 24.9 Å². The van der Waals surface area contributed by atoms with Crippen molar-refractivity contribution in [3.05, 3.63) is 113 Å². The highest BCUT2D eigenvalue weighted by molar-refractivity contribution is 7.22. The Bertz CT molecular complexity index is 2490. The van der Waals surface area contributed by atoms with Gasteiger partial charge in [-0.15, -0.1) is 11.3 Å². The maximum Gasteiger partial charge on any atom is 0.262 e. The number of ketones is 1. The molecule has 0 bridgehead atoms. The number of nitrogens with one attached hydrogen (secondary N) is 1. The Hall–Kier alpha value is -5.96. The number of benzene rings is 4. The molecule has 4 aliphatic heterocycles. The van der Waals surface area contributed by atoms with Crippen molar-refractivity contribution in [3.63, 3.8) is 0 Å². The van der Waals surface area contributed by atoms with Crippen molar-refractivity contribution in [1.82, 2.24) is 20.0 Å². The van der Waals surface area contributed by atoms with Crippen LogP contribution in [0.3, 0.4) is 0 Å². The number of rotatable bonds is 11. The summed E-state index contributed by atoms with van der Waals surface area (Å²) < 4.78 is 20.2. The molecule has 4 aliphatic rings. The smallest absolute Gasteiger partial charge is 0.262 e. The van der Waals surface area contributed by atoms with Crippen molar-refractivity contribution < 1.29 is 33.1 Å². The Morgan fingerprint density at radius 1 is 0.750 bits per heavy atom. The standard InChI is InChI=1S/C46H45FN6O6S/c1-59-34-12-14-36-39(28-34)60-43(30-3-7-31(47)8-4-30)41(36)42(55)29-5-9-32(10-6-29)51-23-19-49(20-24-51)17-2-18-50-21-25-52(26-22-50)33-11-13-35-37(27-33)46(58)53(45(35)57)38-15-16-40(54)48-44(38)56/h3-14,27-28,38H,2,15-26H2,1H3,(H,48,54,56). The van der Waals surface area contributed by atoms with E-state index in [1.165, 1.54) is 23.5 Å². The van der Waals surface area contributed by atoms with E-state index in [-0.39, 0.29) is 24.4 Å². The lowest BCUT2D eigenvalue weighted by molar-refractivity contribution is -0.136. The minimum atomic E-state index is -0.973. The molecule has 3 fully saturated rings. The SMILES string of the molecule is COc1ccc2c(C(=O)c3ccc(N4CCN(CCCN5CCN(c6ccc7c(c6)C(=O)N(C6CCC(=O)NC6=O)C7=O)CC5)CC4)cc3)c(-c3ccc(F)cc3)sc2c1. The van der Waals surface area contributed by atoms with Crippen LogP contribution in [0.25, 0.3) is 20.5 Å². The fourth-order valence-corrected chi connectivity index (χ4v) is 10.1. The highest BCUT2D eigenvalue weighted by atomic mass is 32.1. The minimum absolute atomic E-state index is 0.0685. The molecular weight excluding hydrogens is 784 g/mol. The predicted octanol–water partition coefficient (Wildman–Crippen LogP) is 5.68. The molecule has 0 aliphatic carbocycles. The number of nitrogens with zero attached hydrogens (tertiary/aromatic N) is 5. The van der Waals surface area contributed by atoms with E-state index in [9.17, 15) is 28.4 Å². The molecule has 3 saturated heterocycles. The van der Waals surface area contributed by atoms with E-state index in [0.717, 1.165) is 109 Å². The summed E-state index contributed by atoms with van der Waals surface area (Å²) in [5.74, 6) is -1.65. The van der Waals surface area contributed by atoms with Gasteiger partial charge in [-0.2, -0.15) is 0 Å². The average molecular weight is 829 g/mol. The summed E-state index contributed by atoms with van der Waals surface area (Å²) in [6.07, 6.45) is 1.29. The predicted molar refractivity (Wildman–Crippen MR) is 229 cm³/mol. The number of carbonyl (C=O) groups is 5. The third kappa shape index (κ3) is 7.66. The number of hydrogen-bond donors (Lipinski definition) is 1. The Balaban J connectivity index is 0.747. The van der Waals surface area contributed by atoms with E-state index in [4.69, 9.17) is 4.74 Å². The molecule has 1 aromatic heterocycles. The number of fused-ring (bicyclic) bond motifs is 2. The molecular formula is C46H45FN6O6S. The zero-order chi connectivity index (χ0) is 41.5. The minimum Gasteiger partial charge on any atom is -0.497 e. The van der Waals surface area contributed by atoms with Crippen molar-refractivity contribution in [3.8, 4) is 16.2 Å². The molecule has 14 heteroatoms. The molecule has 1 N–H and O–H groups in total. The zero-order valence-electron chi connectivity index (χ0n) is 33.3. The molecule has 12 nitrogen and oxygen atoms in total. The van der Waals surface area contributed by atoms with Crippen LogP contribution in [-0.4, -0.2) is 123 Å². The van der Waals surface area contributed by atoms with Gasteiger partial charge in [0.1, 0.15) is 17.6 Å². The lowest BCUT2D eigenvalue weighted by atomic mass is 9.97. The first-order valence-corrected chi connectivity index (χ1v) is 21.3. The Morgan fingerprint density at radius 3 is 2.03 bits per heavy atom. The summed E-state index contributed by atoms with van der Waals surface area (Å²) in [4.78, 5) is 76.0. The molecule has 1 unspecified atom stereocenters. The van der Waals surface area contributed by atoms with Gasteiger partial charge in [-0.1, -0.05) is 12.1 Å². The molecule has 60 heavy (non-hydrogen) atoms. The third-order valence-electron chi connectivity index (χ3n) is 12.2. The van der Waals surface area contributed by atoms with Gasteiger partial charge in [-0.3, -0.25) is 44.0 Å². The van der Waals surface area contributed by atoms with E-state index in [1.54, 1.807) is 31.4 Å². The molecule has 0 spiro atoms. The summed E-state index contributed by atoms with van der Waals surface area (Å²) in [6.45, 7) is 9.12. The second-order valence-electron chi connectivity index (χ2n) is 15.7. The van der Waals surface area contributed by atoms with Gasteiger partial charge in [0.2, 0.25) is 11.8 Å². The van der Waals surface area contributed by atoms with Gasteiger partial charge in [0.15, 0.2) is 5.78 Å². The Kier molecular flexibility index (Phi) is 10.9. The number of methoxy groups -OCH3 is 1. The summed E-state index contributed by atoms with van der Waals surface area (Å²) in [5.41, 5.74) is 4.59. The first kappa shape index (κ1) is 39.5. The lowest BCUT2D eigenvalue weighted by Crippen LogP contribution is -2.54. The van der Waals surface area contributed by atoms with Crippen molar-refractivity contribution in [2.75, 3.05) is 82.4 Å². The molecule has 0 saturated carbocycles. The fourth-order valence-electron chi connectivity index (χ4n) is 8.83. The van der Waals surface area contributed by atoms with Crippen molar-refractivity contribution in [2.24, 2.45) is 0 Å². The summed E-state index contributed by atoms with van der Waals surface area (Å²) >= 11 is 1.51. The number of carbonyl (C=O) groups excluding carboxylic acids is 5. The normalized spacial score (nSPS) is 19.0. The monoisotopic (exact) mass is 828 g/mol. The highest BCUT2D eigenvalue weighted by Crippen LogP contribution is 2.41. The van der Waals surface area contributed by atoms with Gasteiger partial charge in [0, 0.05) is 96.2 Å².